The molecule has 2 aliphatic rings. The summed E-state index contributed by atoms with van der Waals surface area (Å²) in [6.45, 7) is 9.06. The number of nitrogens with one attached hydrogen (secondary N) is 2. The number of likely N-dealkylation sites (N-methyl/N-ethyl adjacent to an activating group) is 2. The van der Waals surface area contributed by atoms with E-state index in [0.717, 1.165) is 63.5 Å². The predicted molar refractivity (Wildman–Crippen MR) is 204 cm³/mol. The van der Waals surface area contributed by atoms with Crippen molar-refractivity contribution in [2.24, 2.45) is 17.8 Å². The lowest BCUT2D eigenvalue weighted by atomic mass is 9.82. The van der Waals surface area contributed by atoms with Crippen molar-refractivity contribution in [2.45, 2.75) is 129 Å². The first-order valence-electron chi connectivity index (χ1n) is 19.3. The number of nitrogens with zero attached hydrogens (tertiary/aromatic N) is 3. The third-order valence-corrected chi connectivity index (χ3v) is 11.9. The molecule has 1 aliphatic heterocycles. The van der Waals surface area contributed by atoms with Crippen molar-refractivity contribution < 1.29 is 29.0 Å². The Morgan fingerprint density at radius 2 is 1.69 bits per heavy atom. The molecule has 1 aromatic carbocycles. The van der Waals surface area contributed by atoms with Crippen molar-refractivity contribution >= 4 is 35.0 Å². The van der Waals surface area contributed by atoms with Gasteiger partial charge in [-0.2, -0.15) is 0 Å². The second-order valence-corrected chi connectivity index (χ2v) is 16.1. The predicted octanol–water partition coefficient (Wildman–Crippen LogP) is 6.10. The Bertz CT molecular complexity index is 1450. The first-order valence-corrected chi connectivity index (χ1v) is 20.2. The lowest BCUT2D eigenvalue weighted by Gasteiger charge is -2.39. The Kier molecular flexibility index (Phi) is 16.1. The van der Waals surface area contributed by atoms with Gasteiger partial charge in [-0.25, -0.2) is 4.98 Å². The summed E-state index contributed by atoms with van der Waals surface area (Å²) in [5.74, 6) is -1.83. The van der Waals surface area contributed by atoms with E-state index in [4.69, 9.17) is 9.72 Å². The molecule has 2 aromatic rings. The number of ether oxygens (including phenoxy) is 1. The minimum absolute atomic E-state index is 0.0511. The molecule has 52 heavy (non-hydrogen) atoms. The van der Waals surface area contributed by atoms with Crippen molar-refractivity contribution in [3.63, 3.8) is 0 Å². The highest BCUT2D eigenvalue weighted by molar-refractivity contribution is 7.09. The first-order chi connectivity index (χ1) is 24.9. The SMILES string of the molecule is CCO[C@H](C[C@H](C(C)C)N(C)C(=O)C(NC(=O)C1CCCCN1C)C1CCCCC1)c1nc(C(=O)N[C@@H](Cc2ccccc2)C[C@H](C)C(=O)O)cs1. The highest BCUT2D eigenvalue weighted by Gasteiger charge is 2.39. The van der Waals surface area contributed by atoms with Crippen molar-refractivity contribution in [2.75, 3.05) is 27.2 Å². The van der Waals surface area contributed by atoms with Gasteiger partial charge in [-0.3, -0.25) is 24.1 Å². The molecule has 0 spiro atoms. The summed E-state index contributed by atoms with van der Waals surface area (Å²) < 4.78 is 6.24. The summed E-state index contributed by atoms with van der Waals surface area (Å²) in [5, 5.41) is 18.2. The third-order valence-electron chi connectivity index (χ3n) is 10.9. The van der Waals surface area contributed by atoms with Gasteiger partial charge in [0.1, 0.15) is 22.8 Å². The zero-order chi connectivity index (χ0) is 37.8. The standard InChI is InChI=1S/C40H61N5O6S/c1-7-51-34(38-42-31(25-52-38)36(46)41-30(22-27(4)40(49)50)23-28-16-10-8-11-17-28)24-33(26(2)3)45(6)39(48)35(29-18-12-9-13-19-29)43-37(47)32-20-14-15-21-44(32)5/h8,10-11,16-17,25-27,29-30,32-35H,7,9,12-15,18-24H2,1-6H3,(H,41,46)(H,43,47)(H,49,50)/t27-,30+,32?,33+,34+,35?/m0/s1. The van der Waals surface area contributed by atoms with Crippen LogP contribution >= 0.6 is 11.3 Å². The number of thiazole rings is 1. The number of benzene rings is 1. The third kappa shape index (κ3) is 11.6. The lowest BCUT2D eigenvalue weighted by molar-refractivity contribution is -0.142. The molecule has 1 aromatic heterocycles. The van der Waals surface area contributed by atoms with Crippen LogP contribution in [0.5, 0.6) is 0 Å². The number of carboxylic acids is 1. The van der Waals surface area contributed by atoms with Crippen molar-refractivity contribution in [3.05, 3.63) is 52.0 Å². The van der Waals surface area contributed by atoms with Crippen LogP contribution in [-0.2, 0) is 25.5 Å². The molecule has 1 saturated carbocycles. The van der Waals surface area contributed by atoms with Crippen molar-refractivity contribution in [1.29, 1.82) is 0 Å². The molecule has 4 rings (SSSR count). The summed E-state index contributed by atoms with van der Waals surface area (Å²) in [6, 6.07) is 8.30. The summed E-state index contributed by atoms with van der Waals surface area (Å²) in [4.78, 5) is 61.9. The average Bonchev–Trinajstić information content (AvgIpc) is 3.63. The summed E-state index contributed by atoms with van der Waals surface area (Å²) in [6.07, 6.45) is 8.81. The molecule has 3 N–H and O–H groups in total. The maximum atomic E-state index is 14.5. The number of carbonyl (C=O) groups excluding carboxylic acids is 3. The Hall–Kier alpha value is -3.35. The van der Waals surface area contributed by atoms with Gasteiger partial charge in [-0.1, -0.05) is 76.8 Å². The molecule has 6 atom stereocenters. The van der Waals surface area contributed by atoms with Crippen LogP contribution in [0.3, 0.4) is 0 Å². The molecule has 2 fully saturated rings. The van der Waals surface area contributed by atoms with E-state index in [-0.39, 0.29) is 53.8 Å². The number of carboxylic acid groups (broad SMARTS) is 1. The number of piperidine rings is 1. The summed E-state index contributed by atoms with van der Waals surface area (Å²) in [7, 11) is 3.84. The van der Waals surface area contributed by atoms with E-state index in [1.807, 2.05) is 56.3 Å². The highest BCUT2D eigenvalue weighted by atomic mass is 32.1. The van der Waals surface area contributed by atoms with E-state index < -0.39 is 30.1 Å². The van der Waals surface area contributed by atoms with E-state index in [9.17, 15) is 24.3 Å². The molecule has 0 radical (unpaired) electrons. The van der Waals surface area contributed by atoms with Crippen LogP contribution in [0, 0.1) is 17.8 Å². The number of likely N-dealkylation sites (tertiary alicyclic amines) is 1. The summed E-state index contributed by atoms with van der Waals surface area (Å²) >= 11 is 1.35. The van der Waals surface area contributed by atoms with Crippen LogP contribution in [0.25, 0.3) is 0 Å². The second-order valence-electron chi connectivity index (χ2n) is 15.2. The zero-order valence-electron chi connectivity index (χ0n) is 32.0. The van der Waals surface area contributed by atoms with Crippen LogP contribution in [0.15, 0.2) is 35.7 Å². The van der Waals surface area contributed by atoms with Gasteiger partial charge in [0.15, 0.2) is 0 Å². The molecule has 2 unspecified atom stereocenters. The molecule has 11 nitrogen and oxygen atoms in total. The molecular weight excluding hydrogens is 679 g/mol. The number of carbonyl (C=O) groups is 4. The molecular formula is C40H61N5O6S. The lowest BCUT2D eigenvalue weighted by Crippen LogP contribution is -2.58. The number of hydrogen-bond acceptors (Lipinski definition) is 8. The molecule has 3 amide bonds. The van der Waals surface area contributed by atoms with Gasteiger partial charge in [0.2, 0.25) is 11.8 Å². The summed E-state index contributed by atoms with van der Waals surface area (Å²) in [5.41, 5.74) is 1.26. The van der Waals surface area contributed by atoms with Gasteiger partial charge in [0.25, 0.3) is 5.91 Å². The Morgan fingerprint density at radius 1 is 1.00 bits per heavy atom. The molecule has 2 heterocycles. The fraction of sp³-hybridized carbons (Fsp3) is 0.675. The molecule has 1 aliphatic carbocycles. The van der Waals surface area contributed by atoms with E-state index in [0.29, 0.717) is 24.5 Å². The van der Waals surface area contributed by atoms with Crippen molar-refractivity contribution in [1.82, 2.24) is 25.4 Å². The van der Waals surface area contributed by atoms with Crippen LogP contribution in [-0.4, -0.2) is 95.0 Å². The molecule has 288 valence electrons. The van der Waals surface area contributed by atoms with Gasteiger partial charge in [-0.05, 0) is 76.4 Å². The highest BCUT2D eigenvalue weighted by Crippen LogP contribution is 2.33. The monoisotopic (exact) mass is 739 g/mol. The largest absolute Gasteiger partial charge is 0.481 e. The van der Waals surface area contributed by atoms with Gasteiger partial charge in [0, 0.05) is 37.5 Å². The van der Waals surface area contributed by atoms with E-state index in [1.165, 1.54) is 11.3 Å². The van der Waals surface area contributed by atoms with Gasteiger partial charge >= 0.3 is 5.97 Å². The van der Waals surface area contributed by atoms with Crippen LogP contribution < -0.4 is 10.6 Å². The number of aliphatic carboxylic acids is 1. The van der Waals surface area contributed by atoms with E-state index in [2.05, 4.69) is 29.4 Å². The Morgan fingerprint density at radius 3 is 2.33 bits per heavy atom. The number of hydrogen-bond donors (Lipinski definition) is 3. The van der Waals surface area contributed by atoms with Crippen LogP contribution in [0.4, 0.5) is 0 Å². The Labute approximate surface area is 314 Å². The smallest absolute Gasteiger partial charge is 0.306 e. The average molecular weight is 740 g/mol. The zero-order valence-corrected chi connectivity index (χ0v) is 32.8. The minimum atomic E-state index is -0.907. The topological polar surface area (TPSA) is 141 Å². The first kappa shape index (κ1) is 41.4. The number of amides is 3. The molecule has 0 bridgehead atoms. The number of rotatable bonds is 18. The fourth-order valence-electron chi connectivity index (χ4n) is 7.84. The van der Waals surface area contributed by atoms with Gasteiger partial charge in [-0.15, -0.1) is 11.3 Å². The van der Waals surface area contributed by atoms with Gasteiger partial charge < -0.3 is 25.4 Å². The van der Waals surface area contributed by atoms with Crippen LogP contribution in [0.2, 0.25) is 0 Å². The maximum Gasteiger partial charge on any atom is 0.306 e. The minimum Gasteiger partial charge on any atom is -0.481 e. The van der Waals surface area contributed by atoms with E-state index in [1.54, 1.807) is 12.3 Å². The fourth-order valence-corrected chi connectivity index (χ4v) is 8.70. The molecule has 12 heteroatoms. The van der Waals surface area contributed by atoms with Crippen LogP contribution in [0.1, 0.15) is 119 Å². The van der Waals surface area contributed by atoms with Gasteiger partial charge in [0.05, 0.1) is 12.0 Å². The quantitative estimate of drug-likeness (QED) is 0.167. The molecule has 1 saturated heterocycles. The number of aromatic nitrogens is 1. The normalized spacial score (nSPS) is 20.0. The Balaban J connectivity index is 1.50. The second kappa shape index (κ2) is 20.2. The van der Waals surface area contributed by atoms with Crippen molar-refractivity contribution in [3.8, 4) is 0 Å². The maximum absolute atomic E-state index is 14.5. The van der Waals surface area contributed by atoms with E-state index >= 15 is 0 Å².